The molecule has 1 saturated heterocycles. The van der Waals surface area contributed by atoms with Gasteiger partial charge in [-0.05, 0) is 46.3 Å². The molecule has 1 aliphatic heterocycles. The van der Waals surface area contributed by atoms with Crippen molar-refractivity contribution >= 4 is 0 Å². The lowest BCUT2D eigenvalue weighted by Gasteiger charge is -2.34. The molecule has 0 aromatic heterocycles. The van der Waals surface area contributed by atoms with Crippen molar-refractivity contribution in [3.8, 4) is 0 Å². The molecule has 2 aliphatic rings. The van der Waals surface area contributed by atoms with E-state index >= 15 is 0 Å². The van der Waals surface area contributed by atoms with E-state index in [-0.39, 0.29) is 0 Å². The Labute approximate surface area is 191 Å². The summed E-state index contributed by atoms with van der Waals surface area (Å²) in [6, 6.07) is 0. The number of rotatable bonds is 10. The van der Waals surface area contributed by atoms with Crippen molar-refractivity contribution in [1.82, 2.24) is 10.2 Å². The minimum atomic E-state index is -0.705. The van der Waals surface area contributed by atoms with Crippen molar-refractivity contribution < 1.29 is 19.6 Å². The van der Waals surface area contributed by atoms with Crippen molar-refractivity contribution in [3.63, 3.8) is 0 Å². The van der Waals surface area contributed by atoms with Crippen LogP contribution in [-0.2, 0) is 19.6 Å². The number of hydrogen-bond acceptors (Lipinski definition) is 6. The Morgan fingerprint density at radius 3 is 1.84 bits per heavy atom. The lowest BCUT2D eigenvalue weighted by molar-refractivity contribution is -0.531. The van der Waals surface area contributed by atoms with E-state index in [9.17, 15) is 0 Å². The average molecular weight is 443 g/mol. The van der Waals surface area contributed by atoms with Gasteiger partial charge in [0.25, 0.3) is 0 Å². The number of nitrogens with zero attached hydrogens (tertiary/aromatic N) is 1. The Morgan fingerprint density at radius 1 is 0.710 bits per heavy atom. The van der Waals surface area contributed by atoms with Gasteiger partial charge in [0.05, 0.1) is 13.2 Å². The van der Waals surface area contributed by atoms with E-state index in [1.54, 1.807) is 0 Å². The zero-order valence-electron chi connectivity index (χ0n) is 20.5. The zero-order valence-corrected chi connectivity index (χ0v) is 20.5. The van der Waals surface area contributed by atoms with Gasteiger partial charge in [-0.15, -0.1) is 0 Å². The Kier molecular flexibility index (Phi) is 15.0. The highest BCUT2D eigenvalue weighted by atomic mass is 17.3. The molecule has 1 saturated carbocycles. The molecule has 2 fully saturated rings. The molecular weight excluding hydrogens is 392 g/mol. The summed E-state index contributed by atoms with van der Waals surface area (Å²) in [5, 5.41) is 3.51. The van der Waals surface area contributed by atoms with Crippen LogP contribution in [0.5, 0.6) is 0 Å². The Hall–Kier alpha value is -0.240. The van der Waals surface area contributed by atoms with Gasteiger partial charge in [-0.25, -0.2) is 9.78 Å². The van der Waals surface area contributed by atoms with Crippen LogP contribution in [-0.4, -0.2) is 57.6 Å². The first-order valence-corrected chi connectivity index (χ1v) is 13.2. The third-order valence-corrected chi connectivity index (χ3v) is 6.60. The molecule has 0 radical (unpaired) electrons. The van der Waals surface area contributed by atoms with Crippen LogP contribution in [0.25, 0.3) is 0 Å². The molecule has 1 spiro atoms. The van der Waals surface area contributed by atoms with Crippen LogP contribution in [0, 0.1) is 5.92 Å². The molecular formula is C25H50N2O4. The van der Waals surface area contributed by atoms with E-state index in [0.29, 0.717) is 19.1 Å². The second kappa shape index (κ2) is 17.3. The lowest BCUT2D eigenvalue weighted by atomic mass is 9.97. The number of nitrogens with one attached hydrogen (secondary N) is 1. The fourth-order valence-electron chi connectivity index (χ4n) is 4.49. The summed E-state index contributed by atoms with van der Waals surface area (Å²) < 4.78 is 0. The molecule has 31 heavy (non-hydrogen) atoms. The highest BCUT2D eigenvalue weighted by Gasteiger charge is 2.36. The standard InChI is InChI=1S/C25H50N2O4/c1-27(2)21-20-26-19-15-11-8-12-16-24-22-28-30-25(31-29-23-24)17-13-9-6-4-3-5-7-10-14-18-25/h24,26H,3-23H2,1-2H3. The molecule has 0 amide bonds. The van der Waals surface area contributed by atoms with Crippen LogP contribution in [0.4, 0.5) is 0 Å². The monoisotopic (exact) mass is 442 g/mol. The smallest absolute Gasteiger partial charge is 0.233 e. The Morgan fingerprint density at radius 2 is 1.26 bits per heavy atom. The fraction of sp³-hybridized carbons (Fsp3) is 1.00. The maximum atomic E-state index is 5.89. The van der Waals surface area contributed by atoms with Gasteiger partial charge < -0.3 is 10.2 Å². The second-order valence-electron chi connectivity index (χ2n) is 9.95. The van der Waals surface area contributed by atoms with E-state index in [0.717, 1.165) is 51.7 Å². The van der Waals surface area contributed by atoms with Crippen molar-refractivity contribution in [2.24, 2.45) is 5.92 Å². The van der Waals surface area contributed by atoms with Gasteiger partial charge in [0.1, 0.15) is 0 Å². The summed E-state index contributed by atoms with van der Waals surface area (Å²) in [5.41, 5.74) is 0. The van der Waals surface area contributed by atoms with Gasteiger partial charge >= 0.3 is 0 Å². The molecule has 1 heterocycles. The maximum Gasteiger partial charge on any atom is 0.233 e. The van der Waals surface area contributed by atoms with Crippen LogP contribution >= 0.6 is 0 Å². The highest BCUT2D eigenvalue weighted by molar-refractivity contribution is 4.70. The molecule has 2 rings (SSSR count). The summed E-state index contributed by atoms with van der Waals surface area (Å²) >= 11 is 0. The molecule has 0 unspecified atom stereocenters. The summed E-state index contributed by atoms with van der Waals surface area (Å²) in [4.78, 5) is 25.4. The number of hydrogen-bond donors (Lipinski definition) is 1. The van der Waals surface area contributed by atoms with E-state index < -0.39 is 5.79 Å². The number of likely N-dealkylation sites (N-methyl/N-ethyl adjacent to an activating group) is 1. The summed E-state index contributed by atoms with van der Waals surface area (Å²) in [6.45, 7) is 4.51. The molecule has 6 nitrogen and oxygen atoms in total. The van der Waals surface area contributed by atoms with Crippen LogP contribution in [0.3, 0.4) is 0 Å². The maximum absolute atomic E-state index is 5.89. The van der Waals surface area contributed by atoms with E-state index in [4.69, 9.17) is 19.6 Å². The van der Waals surface area contributed by atoms with Gasteiger partial charge in [0.15, 0.2) is 0 Å². The van der Waals surface area contributed by atoms with Gasteiger partial charge in [-0.2, -0.15) is 9.78 Å². The third kappa shape index (κ3) is 13.2. The predicted molar refractivity (Wildman–Crippen MR) is 126 cm³/mol. The van der Waals surface area contributed by atoms with Crippen LogP contribution < -0.4 is 5.32 Å². The van der Waals surface area contributed by atoms with Crippen molar-refractivity contribution in [2.45, 2.75) is 109 Å². The molecule has 184 valence electrons. The highest BCUT2D eigenvalue weighted by Crippen LogP contribution is 2.32. The van der Waals surface area contributed by atoms with Crippen LogP contribution in [0.2, 0.25) is 0 Å². The first kappa shape index (κ1) is 27.0. The fourth-order valence-corrected chi connectivity index (χ4v) is 4.49. The van der Waals surface area contributed by atoms with E-state index in [1.165, 1.54) is 70.6 Å². The Bertz CT molecular complexity index is 398. The molecule has 0 aromatic carbocycles. The summed E-state index contributed by atoms with van der Waals surface area (Å²) in [5.74, 6) is -0.356. The first-order valence-electron chi connectivity index (χ1n) is 13.2. The third-order valence-electron chi connectivity index (χ3n) is 6.60. The summed E-state index contributed by atoms with van der Waals surface area (Å²) in [6.07, 6.45) is 19.3. The van der Waals surface area contributed by atoms with Gasteiger partial charge in [-0.1, -0.05) is 64.2 Å². The lowest BCUT2D eigenvalue weighted by Crippen LogP contribution is -2.40. The number of unbranched alkanes of at least 4 members (excludes halogenated alkanes) is 3. The van der Waals surface area contributed by atoms with Gasteiger partial charge in [0.2, 0.25) is 5.79 Å². The van der Waals surface area contributed by atoms with Crippen molar-refractivity contribution in [3.05, 3.63) is 0 Å². The van der Waals surface area contributed by atoms with Gasteiger partial charge in [-0.3, -0.25) is 0 Å². The predicted octanol–water partition coefficient (Wildman–Crippen LogP) is 5.62. The zero-order chi connectivity index (χ0) is 22.0. The van der Waals surface area contributed by atoms with Crippen molar-refractivity contribution in [2.75, 3.05) is 46.9 Å². The van der Waals surface area contributed by atoms with Crippen LogP contribution in [0.15, 0.2) is 0 Å². The molecule has 1 N–H and O–H groups in total. The van der Waals surface area contributed by atoms with Gasteiger partial charge in [0, 0.05) is 31.8 Å². The second-order valence-corrected chi connectivity index (χ2v) is 9.95. The van der Waals surface area contributed by atoms with Crippen molar-refractivity contribution in [1.29, 1.82) is 0 Å². The average Bonchev–Trinajstić information content (AvgIpc) is 2.72. The minimum Gasteiger partial charge on any atom is -0.315 e. The minimum absolute atomic E-state index is 0.349. The summed E-state index contributed by atoms with van der Waals surface area (Å²) in [7, 11) is 4.23. The molecule has 6 heteroatoms. The molecule has 1 aliphatic carbocycles. The molecule has 0 bridgehead atoms. The van der Waals surface area contributed by atoms with Crippen LogP contribution in [0.1, 0.15) is 103 Å². The Balaban J connectivity index is 1.58. The molecule has 0 atom stereocenters. The first-order chi connectivity index (χ1) is 15.2. The largest absolute Gasteiger partial charge is 0.315 e. The van der Waals surface area contributed by atoms with E-state index in [2.05, 4.69) is 24.3 Å². The SMILES string of the molecule is CN(C)CCNCCCCCCC1COOC2(CCCCCCCCCCC2)OOC1. The quantitative estimate of drug-likeness (QED) is 0.350. The molecule has 0 aromatic rings. The topological polar surface area (TPSA) is 52.2 Å². The van der Waals surface area contributed by atoms with E-state index in [1.807, 2.05) is 0 Å². The normalized spacial score (nSPS) is 22.5.